The second-order valence-corrected chi connectivity index (χ2v) is 8.23. The minimum absolute atomic E-state index is 0.00305. The Hall–Kier alpha value is -3.67. The third-order valence-electron chi connectivity index (χ3n) is 5.78. The zero-order valence-electron chi connectivity index (χ0n) is 18.3. The maximum absolute atomic E-state index is 13.1. The SMILES string of the molecule is Cc1cc(C)c(C(=O)N2CCC[C@H](C(=O)c3ccc(Oc4ccccc4)cc3)C2)c(=O)[nH]1. The number of aromatic amines is 1. The number of hydrogen-bond donors (Lipinski definition) is 1. The van der Waals surface area contributed by atoms with Gasteiger partial charge in [0, 0.05) is 30.3 Å². The fourth-order valence-corrected chi connectivity index (χ4v) is 4.20. The van der Waals surface area contributed by atoms with Gasteiger partial charge in [0.05, 0.1) is 0 Å². The van der Waals surface area contributed by atoms with Crippen molar-refractivity contribution in [3.8, 4) is 11.5 Å². The van der Waals surface area contributed by atoms with E-state index in [4.69, 9.17) is 4.74 Å². The normalized spacial score (nSPS) is 15.9. The summed E-state index contributed by atoms with van der Waals surface area (Å²) in [5, 5.41) is 0. The monoisotopic (exact) mass is 430 g/mol. The lowest BCUT2D eigenvalue weighted by atomic mass is 9.89. The maximum atomic E-state index is 13.1. The number of nitrogens with zero attached hydrogens (tertiary/aromatic N) is 1. The second-order valence-electron chi connectivity index (χ2n) is 8.23. The van der Waals surface area contributed by atoms with Gasteiger partial charge in [0.15, 0.2) is 5.78 Å². The van der Waals surface area contributed by atoms with Crippen LogP contribution in [-0.4, -0.2) is 34.7 Å². The predicted octanol–water partition coefficient (Wildman–Crippen LogP) is 4.52. The van der Waals surface area contributed by atoms with Gasteiger partial charge >= 0.3 is 0 Å². The predicted molar refractivity (Wildman–Crippen MR) is 122 cm³/mol. The van der Waals surface area contributed by atoms with Crippen LogP contribution < -0.4 is 10.3 Å². The van der Waals surface area contributed by atoms with Crippen LogP contribution in [0, 0.1) is 19.8 Å². The van der Waals surface area contributed by atoms with Crippen molar-refractivity contribution < 1.29 is 14.3 Å². The van der Waals surface area contributed by atoms with E-state index in [-0.39, 0.29) is 28.7 Å². The first-order chi connectivity index (χ1) is 15.4. The molecule has 0 saturated carbocycles. The lowest BCUT2D eigenvalue weighted by molar-refractivity contribution is 0.0635. The number of carbonyl (C=O) groups excluding carboxylic acids is 2. The maximum Gasteiger partial charge on any atom is 0.261 e. The number of hydrogen-bond acceptors (Lipinski definition) is 4. The van der Waals surface area contributed by atoms with Crippen LogP contribution in [0.15, 0.2) is 65.5 Å². The van der Waals surface area contributed by atoms with Crippen LogP contribution >= 0.6 is 0 Å². The second kappa shape index (κ2) is 9.22. The van der Waals surface area contributed by atoms with E-state index in [9.17, 15) is 14.4 Å². The Morgan fingerprint density at radius 3 is 2.38 bits per heavy atom. The summed E-state index contributed by atoms with van der Waals surface area (Å²) in [6.45, 7) is 4.40. The van der Waals surface area contributed by atoms with Gasteiger partial charge in [-0.25, -0.2) is 0 Å². The molecule has 3 aromatic rings. The van der Waals surface area contributed by atoms with Crippen molar-refractivity contribution in [1.29, 1.82) is 0 Å². The van der Waals surface area contributed by atoms with Gasteiger partial charge in [-0.3, -0.25) is 14.4 Å². The van der Waals surface area contributed by atoms with Crippen molar-refractivity contribution in [2.75, 3.05) is 13.1 Å². The topological polar surface area (TPSA) is 79.5 Å². The zero-order valence-corrected chi connectivity index (χ0v) is 18.3. The summed E-state index contributed by atoms with van der Waals surface area (Å²) in [5.74, 6) is 0.784. The number of pyridine rings is 1. The van der Waals surface area contributed by atoms with Crippen molar-refractivity contribution in [3.05, 3.63) is 93.4 Å². The molecule has 0 unspecified atom stereocenters. The average molecular weight is 431 g/mol. The Labute approximate surface area is 186 Å². The summed E-state index contributed by atoms with van der Waals surface area (Å²) < 4.78 is 5.79. The molecule has 6 nitrogen and oxygen atoms in total. The van der Waals surface area contributed by atoms with E-state index in [1.807, 2.05) is 30.3 Å². The van der Waals surface area contributed by atoms with Gasteiger partial charge in [-0.05, 0) is 74.7 Å². The number of piperidine rings is 1. The molecule has 0 aliphatic carbocycles. The molecule has 1 aliphatic heterocycles. The van der Waals surface area contributed by atoms with Gasteiger partial charge in [-0.2, -0.15) is 0 Å². The highest BCUT2D eigenvalue weighted by Crippen LogP contribution is 2.25. The van der Waals surface area contributed by atoms with Crippen LogP contribution in [0.1, 0.15) is 44.8 Å². The van der Waals surface area contributed by atoms with E-state index in [1.165, 1.54) is 0 Å². The number of carbonyl (C=O) groups is 2. The molecule has 32 heavy (non-hydrogen) atoms. The molecule has 2 aromatic carbocycles. The molecular formula is C26H26N2O4. The number of benzene rings is 2. The van der Waals surface area contributed by atoms with Gasteiger partial charge < -0.3 is 14.6 Å². The summed E-state index contributed by atoms with van der Waals surface area (Å²) in [6, 6.07) is 18.3. The summed E-state index contributed by atoms with van der Waals surface area (Å²) in [5.41, 5.74) is 1.74. The summed E-state index contributed by atoms with van der Waals surface area (Å²) >= 11 is 0. The first kappa shape index (κ1) is 21.6. The zero-order chi connectivity index (χ0) is 22.7. The van der Waals surface area contributed by atoms with Crippen LogP contribution in [0.2, 0.25) is 0 Å². The molecule has 1 fully saturated rings. The number of Topliss-reactive ketones (excluding diaryl/α,β-unsaturated/α-hetero) is 1. The van der Waals surface area contributed by atoms with E-state index in [2.05, 4.69) is 4.98 Å². The van der Waals surface area contributed by atoms with Crippen LogP contribution in [0.5, 0.6) is 11.5 Å². The van der Waals surface area contributed by atoms with Crippen molar-refractivity contribution in [1.82, 2.24) is 9.88 Å². The summed E-state index contributed by atoms with van der Waals surface area (Å²) in [6.07, 6.45) is 1.44. The Morgan fingerprint density at radius 2 is 1.69 bits per heavy atom. The van der Waals surface area contributed by atoms with Crippen molar-refractivity contribution in [2.45, 2.75) is 26.7 Å². The van der Waals surface area contributed by atoms with Gasteiger partial charge in [0.2, 0.25) is 0 Å². The summed E-state index contributed by atoms with van der Waals surface area (Å²) in [4.78, 5) is 42.9. The van der Waals surface area contributed by atoms with E-state index >= 15 is 0 Å². The van der Waals surface area contributed by atoms with Gasteiger partial charge in [-0.15, -0.1) is 0 Å². The highest BCUT2D eigenvalue weighted by atomic mass is 16.5. The van der Waals surface area contributed by atoms with Gasteiger partial charge in [0.1, 0.15) is 17.1 Å². The Morgan fingerprint density at radius 1 is 1.00 bits per heavy atom. The Balaban J connectivity index is 1.46. The Bertz CT molecular complexity index is 1180. The fourth-order valence-electron chi connectivity index (χ4n) is 4.20. The van der Waals surface area contributed by atoms with Crippen LogP contribution in [0.25, 0.3) is 0 Å². The summed E-state index contributed by atoms with van der Waals surface area (Å²) in [7, 11) is 0. The molecule has 0 bridgehead atoms. The van der Waals surface area contributed by atoms with Crippen LogP contribution in [-0.2, 0) is 0 Å². The molecule has 6 heteroatoms. The highest BCUT2D eigenvalue weighted by Gasteiger charge is 2.31. The highest BCUT2D eigenvalue weighted by molar-refractivity contribution is 5.99. The average Bonchev–Trinajstić information content (AvgIpc) is 2.79. The number of rotatable bonds is 5. The molecule has 2 heterocycles. The number of nitrogens with one attached hydrogen (secondary N) is 1. The number of aryl methyl sites for hydroxylation is 2. The molecule has 0 radical (unpaired) electrons. The lowest BCUT2D eigenvalue weighted by Crippen LogP contribution is -2.44. The number of H-pyrrole nitrogens is 1. The molecule has 1 saturated heterocycles. The molecule has 1 atom stereocenters. The standard InChI is InChI=1S/C26H26N2O4/c1-17-15-18(2)27-25(30)23(17)26(31)28-14-6-7-20(16-28)24(29)19-10-12-22(13-11-19)32-21-8-4-3-5-9-21/h3-5,8-13,15,20H,6-7,14,16H2,1-2H3,(H,27,30)/t20-/m0/s1. The van der Waals surface area contributed by atoms with Gasteiger partial charge in [0.25, 0.3) is 11.5 Å². The molecule has 164 valence electrons. The quantitative estimate of drug-likeness (QED) is 0.604. The number of likely N-dealkylation sites (tertiary alicyclic amines) is 1. The van der Waals surface area contributed by atoms with E-state index < -0.39 is 0 Å². The molecule has 4 rings (SSSR count). The minimum atomic E-state index is -0.380. The smallest absolute Gasteiger partial charge is 0.261 e. The van der Waals surface area contributed by atoms with Crippen molar-refractivity contribution in [2.24, 2.45) is 5.92 Å². The minimum Gasteiger partial charge on any atom is -0.457 e. The fraction of sp³-hybridized carbons (Fsp3) is 0.269. The van der Waals surface area contributed by atoms with Crippen LogP contribution in [0.4, 0.5) is 0 Å². The molecule has 1 amide bonds. The Kier molecular flexibility index (Phi) is 6.21. The van der Waals surface area contributed by atoms with E-state index in [0.29, 0.717) is 36.4 Å². The van der Waals surface area contributed by atoms with E-state index in [1.54, 1.807) is 49.1 Å². The largest absolute Gasteiger partial charge is 0.457 e. The number of ether oxygens (including phenoxy) is 1. The molecule has 0 spiro atoms. The van der Waals surface area contributed by atoms with Crippen molar-refractivity contribution >= 4 is 11.7 Å². The molecule has 1 aliphatic rings. The number of ketones is 1. The van der Waals surface area contributed by atoms with E-state index in [0.717, 1.165) is 17.9 Å². The van der Waals surface area contributed by atoms with Crippen LogP contribution in [0.3, 0.4) is 0 Å². The molecule has 1 aromatic heterocycles. The third-order valence-corrected chi connectivity index (χ3v) is 5.78. The number of aromatic nitrogens is 1. The van der Waals surface area contributed by atoms with Gasteiger partial charge in [-0.1, -0.05) is 18.2 Å². The number of para-hydroxylation sites is 1. The molecule has 1 N–H and O–H groups in total. The first-order valence-electron chi connectivity index (χ1n) is 10.8. The van der Waals surface area contributed by atoms with Crippen molar-refractivity contribution in [3.63, 3.8) is 0 Å². The first-order valence-corrected chi connectivity index (χ1v) is 10.8. The lowest BCUT2D eigenvalue weighted by Gasteiger charge is -2.32. The molecular weight excluding hydrogens is 404 g/mol. The third kappa shape index (κ3) is 4.64. The number of amides is 1.